The minimum absolute atomic E-state index is 0.0628. The molecule has 0 aliphatic rings. The Labute approximate surface area is 215 Å². The molecule has 0 atom stereocenters. The zero-order chi connectivity index (χ0) is 28.6. The fourth-order valence-electron chi connectivity index (χ4n) is 1.83. The van der Waals surface area contributed by atoms with Crippen molar-refractivity contribution < 1.29 is 48.3 Å². The van der Waals surface area contributed by atoms with Crippen LogP contribution in [0.3, 0.4) is 0 Å². The van der Waals surface area contributed by atoms with Gasteiger partial charge in [-0.3, -0.25) is 9.59 Å². The Morgan fingerprint density at radius 2 is 0.944 bits per heavy atom. The van der Waals surface area contributed by atoms with E-state index in [-0.39, 0.29) is 23.7 Å². The van der Waals surface area contributed by atoms with Crippen molar-refractivity contribution in [2.45, 2.75) is 67.2 Å². The number of hydrogen-bond donors (Lipinski definition) is 2. The molecule has 0 bridgehead atoms. The number of hydrogen-bond acceptors (Lipinski definition) is 8. The average molecular weight is 519 g/mol. The maximum atomic E-state index is 10.6. The van der Waals surface area contributed by atoms with Crippen LogP contribution >= 0.6 is 0 Å². The summed E-state index contributed by atoms with van der Waals surface area (Å²) in [6.07, 6.45) is 3.30. The van der Waals surface area contributed by atoms with E-state index in [0.717, 1.165) is 12.2 Å². The summed E-state index contributed by atoms with van der Waals surface area (Å²) in [7, 11) is 0. The van der Waals surface area contributed by atoms with E-state index in [4.69, 9.17) is 29.2 Å². The van der Waals surface area contributed by atoms with Crippen LogP contribution in [-0.4, -0.2) is 73.7 Å². The zero-order valence-electron chi connectivity index (χ0n) is 22.8. The number of carbonyl (C=O) groups is 4. The van der Waals surface area contributed by atoms with Gasteiger partial charge in [0.05, 0.1) is 26.4 Å². The van der Waals surface area contributed by atoms with Gasteiger partial charge < -0.3 is 29.2 Å². The van der Waals surface area contributed by atoms with E-state index in [1.165, 1.54) is 0 Å². The lowest BCUT2D eigenvalue weighted by molar-refractivity contribution is -0.140. The number of carboxylic acids is 2. The topological polar surface area (TPSA) is 146 Å². The minimum Gasteiger partial charge on any atom is -0.481 e. The molecule has 0 aromatic heterocycles. The Morgan fingerprint density at radius 1 is 0.639 bits per heavy atom. The maximum absolute atomic E-state index is 10.6. The Kier molecular flexibility index (Phi) is 23.9. The molecule has 36 heavy (non-hydrogen) atoms. The van der Waals surface area contributed by atoms with Gasteiger partial charge in [0.2, 0.25) is 0 Å². The van der Waals surface area contributed by atoms with Crippen LogP contribution in [0.15, 0.2) is 25.3 Å². The van der Waals surface area contributed by atoms with Gasteiger partial charge in [-0.25, -0.2) is 9.59 Å². The van der Waals surface area contributed by atoms with Crippen molar-refractivity contribution in [3.8, 4) is 0 Å². The minimum atomic E-state index is -0.870. The molecule has 0 aromatic rings. The molecule has 2 N–H and O–H groups in total. The molecule has 0 aliphatic heterocycles. The van der Waals surface area contributed by atoms with E-state index in [2.05, 4.69) is 54.7 Å². The van der Waals surface area contributed by atoms with Crippen molar-refractivity contribution in [3.63, 3.8) is 0 Å². The van der Waals surface area contributed by atoms with Crippen LogP contribution in [0.4, 0.5) is 0 Å². The Bertz CT molecular complexity index is 586. The molecule has 0 rings (SSSR count). The van der Waals surface area contributed by atoms with Crippen LogP contribution in [0.25, 0.3) is 0 Å². The third-order valence-electron chi connectivity index (χ3n) is 3.38. The number of unbranched alkanes of at least 4 members (excludes halogenated alkanes) is 1. The quantitative estimate of drug-likeness (QED) is 0.183. The monoisotopic (exact) mass is 518 g/mol. The van der Waals surface area contributed by atoms with Crippen molar-refractivity contribution in [1.82, 2.24) is 0 Å². The summed E-state index contributed by atoms with van der Waals surface area (Å²) in [4.78, 5) is 40.9. The second-order valence-corrected chi connectivity index (χ2v) is 9.96. The molecular weight excluding hydrogens is 472 g/mol. The van der Waals surface area contributed by atoms with E-state index in [9.17, 15) is 19.2 Å². The van der Waals surface area contributed by atoms with Crippen LogP contribution in [0.2, 0.25) is 0 Å². The van der Waals surface area contributed by atoms with E-state index < -0.39 is 23.9 Å². The molecule has 0 radical (unpaired) electrons. The van der Waals surface area contributed by atoms with Crippen molar-refractivity contribution in [2.75, 3.05) is 39.6 Å². The van der Waals surface area contributed by atoms with Crippen molar-refractivity contribution in [1.29, 1.82) is 0 Å². The van der Waals surface area contributed by atoms with Gasteiger partial charge in [0.1, 0.15) is 13.2 Å². The molecule has 0 saturated heterocycles. The first-order chi connectivity index (χ1) is 16.5. The van der Waals surface area contributed by atoms with Gasteiger partial charge in [-0.15, -0.1) is 0 Å². The zero-order valence-corrected chi connectivity index (χ0v) is 22.8. The van der Waals surface area contributed by atoms with Gasteiger partial charge in [0.15, 0.2) is 0 Å². The molecular formula is C26H46O10. The van der Waals surface area contributed by atoms with Crippen LogP contribution in [0.1, 0.15) is 67.2 Å². The molecule has 0 fully saturated rings. The first-order valence-corrected chi connectivity index (χ1v) is 11.7. The fourth-order valence-corrected chi connectivity index (χ4v) is 1.83. The number of ether oxygens (including phenoxy) is 4. The summed E-state index contributed by atoms with van der Waals surface area (Å²) in [5, 5.41) is 16.3. The van der Waals surface area contributed by atoms with Gasteiger partial charge in [0, 0.05) is 25.0 Å². The van der Waals surface area contributed by atoms with E-state index in [1.807, 2.05) is 0 Å². The molecule has 10 nitrogen and oxygen atoms in total. The normalized spacial score (nSPS) is 10.5. The lowest BCUT2D eigenvalue weighted by atomic mass is 9.99. The standard InChI is InChI=1S/2C10H18O3.C6H10O4/c2*1-5-9(11)13-7-6-12-8-10(2,3)4;7-5(8)3-1-2-4-6(9)10/h2*5H,1,6-8H2,2-4H3;1-4H2,(H,7,8)(H,9,10). The number of esters is 2. The van der Waals surface area contributed by atoms with Crippen molar-refractivity contribution >= 4 is 23.9 Å². The Hall–Kier alpha value is -2.72. The lowest BCUT2D eigenvalue weighted by Crippen LogP contribution is -2.17. The third-order valence-corrected chi connectivity index (χ3v) is 3.38. The summed E-state index contributed by atoms with van der Waals surface area (Å²) >= 11 is 0. The molecule has 0 saturated carbocycles. The second-order valence-electron chi connectivity index (χ2n) is 9.96. The van der Waals surface area contributed by atoms with Gasteiger partial charge in [-0.05, 0) is 23.7 Å². The molecule has 0 aliphatic carbocycles. The first-order valence-electron chi connectivity index (χ1n) is 11.7. The molecule has 0 amide bonds. The van der Waals surface area contributed by atoms with Crippen LogP contribution < -0.4 is 0 Å². The molecule has 0 unspecified atom stereocenters. The SMILES string of the molecule is C=CC(=O)OCCOCC(C)(C)C.C=CC(=O)OCCOCC(C)(C)C.O=C(O)CCCCC(=O)O. The highest BCUT2D eigenvalue weighted by atomic mass is 16.6. The van der Waals surface area contributed by atoms with E-state index >= 15 is 0 Å². The summed E-state index contributed by atoms with van der Waals surface area (Å²) in [5.74, 6) is -2.55. The smallest absolute Gasteiger partial charge is 0.330 e. The summed E-state index contributed by atoms with van der Waals surface area (Å²) in [6, 6.07) is 0. The fraction of sp³-hybridized carbons (Fsp3) is 0.692. The highest BCUT2D eigenvalue weighted by Crippen LogP contribution is 2.13. The van der Waals surface area contributed by atoms with Crippen molar-refractivity contribution in [2.24, 2.45) is 10.8 Å². The average Bonchev–Trinajstić information content (AvgIpc) is 2.75. The van der Waals surface area contributed by atoms with Gasteiger partial charge in [-0.1, -0.05) is 54.7 Å². The van der Waals surface area contributed by atoms with E-state index in [1.54, 1.807) is 0 Å². The number of carbonyl (C=O) groups excluding carboxylic acids is 2. The summed E-state index contributed by atoms with van der Waals surface area (Å²) < 4.78 is 20.0. The molecule has 0 spiro atoms. The van der Waals surface area contributed by atoms with Crippen LogP contribution in [0, 0.1) is 10.8 Å². The second kappa shape index (κ2) is 22.7. The Balaban J connectivity index is -0.000000459. The van der Waals surface area contributed by atoms with Gasteiger partial charge in [0.25, 0.3) is 0 Å². The molecule has 0 heterocycles. The predicted octanol–water partition coefficient (Wildman–Crippen LogP) is 4.27. The summed E-state index contributed by atoms with van der Waals surface area (Å²) in [5.41, 5.74) is 0.310. The predicted molar refractivity (Wildman–Crippen MR) is 137 cm³/mol. The van der Waals surface area contributed by atoms with Crippen LogP contribution in [0.5, 0.6) is 0 Å². The Morgan fingerprint density at radius 3 is 1.17 bits per heavy atom. The number of carboxylic acid groups (broad SMARTS) is 2. The third kappa shape index (κ3) is 41.5. The molecule has 210 valence electrons. The van der Waals surface area contributed by atoms with Crippen molar-refractivity contribution in [3.05, 3.63) is 25.3 Å². The van der Waals surface area contributed by atoms with Gasteiger partial charge in [-0.2, -0.15) is 0 Å². The summed E-state index contributed by atoms with van der Waals surface area (Å²) in [6.45, 7) is 21.9. The van der Waals surface area contributed by atoms with Gasteiger partial charge >= 0.3 is 23.9 Å². The molecule has 10 heteroatoms. The highest BCUT2D eigenvalue weighted by molar-refractivity contribution is 5.81. The van der Waals surface area contributed by atoms with E-state index in [0.29, 0.717) is 52.5 Å². The first kappa shape index (κ1) is 37.8. The number of aliphatic carboxylic acids is 2. The highest BCUT2D eigenvalue weighted by Gasteiger charge is 2.10. The lowest BCUT2D eigenvalue weighted by Gasteiger charge is -2.17. The molecule has 0 aromatic carbocycles. The number of rotatable bonds is 15. The maximum Gasteiger partial charge on any atom is 0.330 e. The van der Waals surface area contributed by atoms with Crippen LogP contribution in [-0.2, 0) is 38.1 Å². The largest absolute Gasteiger partial charge is 0.481 e.